The summed E-state index contributed by atoms with van der Waals surface area (Å²) in [5, 5.41) is 1.45. The molecule has 4 rings (SSSR count). The first-order chi connectivity index (χ1) is 13.8. The summed E-state index contributed by atoms with van der Waals surface area (Å²) in [7, 11) is 0. The van der Waals surface area contributed by atoms with Crippen LogP contribution >= 0.6 is 0 Å². The van der Waals surface area contributed by atoms with Gasteiger partial charge in [-0.25, -0.2) is 5.06 Å². The summed E-state index contributed by atoms with van der Waals surface area (Å²) in [4.78, 5) is 20.3. The largest absolute Gasteiger partial charge is 0.490 e. The molecule has 0 unspecified atom stereocenters. The van der Waals surface area contributed by atoms with Gasteiger partial charge in [-0.05, 0) is 49.4 Å². The van der Waals surface area contributed by atoms with Crippen molar-refractivity contribution in [2.75, 3.05) is 32.8 Å². The van der Waals surface area contributed by atoms with Gasteiger partial charge in [0.1, 0.15) is 11.9 Å². The number of nitrogens with zero attached hydrogens (tertiary/aromatic N) is 2. The highest BCUT2D eigenvalue weighted by Gasteiger charge is 2.23. The van der Waals surface area contributed by atoms with Gasteiger partial charge in [-0.1, -0.05) is 36.4 Å². The van der Waals surface area contributed by atoms with Crippen molar-refractivity contribution in [2.45, 2.75) is 31.8 Å². The number of rotatable bonds is 6. The van der Waals surface area contributed by atoms with Crippen LogP contribution in [-0.2, 0) is 11.3 Å². The fraction of sp³-hybridized carbons (Fsp3) is 0.435. The summed E-state index contributed by atoms with van der Waals surface area (Å²) in [6.07, 6.45) is 4.23. The van der Waals surface area contributed by atoms with Gasteiger partial charge in [-0.3, -0.25) is 9.63 Å². The normalized spacial score (nSPS) is 18.4. The second-order valence-electron chi connectivity index (χ2n) is 7.52. The van der Waals surface area contributed by atoms with Crippen LogP contribution < -0.4 is 4.74 Å². The van der Waals surface area contributed by atoms with E-state index in [1.54, 1.807) is 0 Å². The molecule has 0 spiro atoms. The van der Waals surface area contributed by atoms with Crippen molar-refractivity contribution in [1.29, 1.82) is 0 Å². The molecule has 2 fully saturated rings. The fourth-order valence-electron chi connectivity index (χ4n) is 3.83. The molecule has 2 aliphatic heterocycles. The Balaban J connectivity index is 1.25. The number of amides is 1. The molecule has 2 aliphatic rings. The number of likely N-dealkylation sites (tertiary alicyclic amines) is 1. The van der Waals surface area contributed by atoms with E-state index in [4.69, 9.17) is 9.57 Å². The van der Waals surface area contributed by atoms with Crippen molar-refractivity contribution in [3.05, 3.63) is 65.7 Å². The van der Waals surface area contributed by atoms with Gasteiger partial charge < -0.3 is 9.64 Å². The third-order valence-electron chi connectivity index (χ3n) is 5.46. The molecule has 2 aromatic carbocycles. The van der Waals surface area contributed by atoms with Crippen LogP contribution in [0.2, 0.25) is 0 Å². The highest BCUT2D eigenvalue weighted by Crippen LogP contribution is 2.22. The van der Waals surface area contributed by atoms with Crippen molar-refractivity contribution in [3.8, 4) is 5.75 Å². The Morgan fingerprint density at radius 1 is 1.04 bits per heavy atom. The number of carbonyl (C=O) groups excluding carboxylic acids is 1. The number of ether oxygens (including phenoxy) is 1. The number of hydrogen-bond acceptors (Lipinski definition) is 4. The topological polar surface area (TPSA) is 42.0 Å². The Morgan fingerprint density at radius 3 is 2.61 bits per heavy atom. The van der Waals surface area contributed by atoms with E-state index in [0.717, 1.165) is 51.1 Å². The molecule has 2 saturated heterocycles. The molecule has 0 N–H and O–H groups in total. The maximum atomic E-state index is 12.5. The lowest BCUT2D eigenvalue weighted by Crippen LogP contribution is -2.39. The SMILES string of the molecule is O=C(c1cccc(OC2CCN(CCc3ccccc3)CC2)c1)N1CCCO1. The monoisotopic (exact) mass is 380 g/mol. The Kier molecular flexibility index (Phi) is 6.24. The average Bonchev–Trinajstić information content (AvgIpc) is 3.29. The molecular weight excluding hydrogens is 352 g/mol. The smallest absolute Gasteiger partial charge is 0.277 e. The van der Waals surface area contributed by atoms with Crippen molar-refractivity contribution in [1.82, 2.24) is 9.96 Å². The zero-order valence-electron chi connectivity index (χ0n) is 16.3. The predicted molar refractivity (Wildman–Crippen MR) is 108 cm³/mol. The Labute approximate surface area is 166 Å². The molecule has 0 aliphatic carbocycles. The summed E-state index contributed by atoms with van der Waals surface area (Å²) in [5.41, 5.74) is 2.02. The van der Waals surface area contributed by atoms with Crippen LogP contribution in [0.1, 0.15) is 35.2 Å². The molecular formula is C23H28N2O3. The number of carbonyl (C=O) groups is 1. The van der Waals surface area contributed by atoms with Crippen molar-refractivity contribution in [3.63, 3.8) is 0 Å². The van der Waals surface area contributed by atoms with E-state index in [-0.39, 0.29) is 12.0 Å². The number of benzene rings is 2. The summed E-state index contributed by atoms with van der Waals surface area (Å²) in [6, 6.07) is 18.1. The first kappa shape index (κ1) is 19.0. The Morgan fingerprint density at radius 2 is 1.86 bits per heavy atom. The average molecular weight is 380 g/mol. The molecule has 5 heteroatoms. The zero-order valence-corrected chi connectivity index (χ0v) is 16.3. The van der Waals surface area contributed by atoms with Gasteiger partial charge in [-0.15, -0.1) is 0 Å². The van der Waals surface area contributed by atoms with Crippen molar-refractivity contribution < 1.29 is 14.4 Å². The van der Waals surface area contributed by atoms with E-state index >= 15 is 0 Å². The number of hydrogen-bond donors (Lipinski definition) is 0. The van der Waals surface area contributed by atoms with Gasteiger partial charge in [0.05, 0.1) is 13.2 Å². The quantitative estimate of drug-likeness (QED) is 0.769. The maximum absolute atomic E-state index is 12.5. The van der Waals surface area contributed by atoms with Crippen LogP contribution in [0.15, 0.2) is 54.6 Å². The van der Waals surface area contributed by atoms with Gasteiger partial charge in [0.15, 0.2) is 0 Å². The van der Waals surface area contributed by atoms with Gasteiger partial charge in [-0.2, -0.15) is 0 Å². The highest BCUT2D eigenvalue weighted by atomic mass is 16.7. The summed E-state index contributed by atoms with van der Waals surface area (Å²) in [6.45, 7) is 4.47. The van der Waals surface area contributed by atoms with Crippen LogP contribution in [0.5, 0.6) is 5.75 Å². The summed E-state index contributed by atoms with van der Waals surface area (Å²) < 4.78 is 6.18. The van der Waals surface area contributed by atoms with E-state index in [1.165, 1.54) is 10.6 Å². The first-order valence-electron chi connectivity index (χ1n) is 10.3. The molecule has 0 radical (unpaired) electrons. The summed E-state index contributed by atoms with van der Waals surface area (Å²) >= 11 is 0. The molecule has 148 valence electrons. The van der Waals surface area contributed by atoms with Crippen molar-refractivity contribution >= 4 is 5.91 Å². The minimum Gasteiger partial charge on any atom is -0.490 e. The minimum absolute atomic E-state index is 0.0846. The predicted octanol–water partition coefficient (Wildman–Crippen LogP) is 3.55. The van der Waals surface area contributed by atoms with E-state index in [2.05, 4.69) is 35.2 Å². The molecule has 2 aromatic rings. The molecule has 0 bridgehead atoms. The van der Waals surface area contributed by atoms with Crippen LogP contribution in [0, 0.1) is 0 Å². The Hall–Kier alpha value is -2.37. The molecule has 0 saturated carbocycles. The third kappa shape index (κ3) is 4.91. The number of hydroxylamine groups is 2. The molecule has 28 heavy (non-hydrogen) atoms. The van der Waals surface area contributed by atoms with E-state index in [9.17, 15) is 4.79 Å². The summed E-state index contributed by atoms with van der Waals surface area (Å²) in [5.74, 6) is 0.687. The van der Waals surface area contributed by atoms with Crippen molar-refractivity contribution in [2.24, 2.45) is 0 Å². The van der Waals surface area contributed by atoms with Crippen LogP contribution in [0.4, 0.5) is 0 Å². The molecule has 5 nitrogen and oxygen atoms in total. The second kappa shape index (κ2) is 9.22. The highest BCUT2D eigenvalue weighted by molar-refractivity contribution is 5.94. The molecule has 0 atom stereocenters. The van der Waals surface area contributed by atoms with Gasteiger partial charge in [0.25, 0.3) is 5.91 Å². The molecule has 0 aromatic heterocycles. The third-order valence-corrected chi connectivity index (χ3v) is 5.46. The first-order valence-corrected chi connectivity index (χ1v) is 10.3. The van der Waals surface area contributed by atoms with E-state index < -0.39 is 0 Å². The van der Waals surface area contributed by atoms with Gasteiger partial charge in [0, 0.05) is 25.2 Å². The van der Waals surface area contributed by atoms with E-state index in [0.29, 0.717) is 18.7 Å². The molecule has 2 heterocycles. The molecule has 1 amide bonds. The van der Waals surface area contributed by atoms with Gasteiger partial charge in [0.2, 0.25) is 0 Å². The second-order valence-corrected chi connectivity index (χ2v) is 7.52. The lowest BCUT2D eigenvalue weighted by atomic mass is 10.1. The van der Waals surface area contributed by atoms with E-state index in [1.807, 2.05) is 24.3 Å². The standard InChI is InChI=1S/C23H28N2O3/c26-23(25-13-5-17-27-25)20-8-4-9-22(18-20)28-21-11-15-24(16-12-21)14-10-19-6-2-1-3-7-19/h1-4,6-9,18,21H,5,10-17H2. The maximum Gasteiger partial charge on any atom is 0.277 e. The number of piperidine rings is 1. The lowest BCUT2D eigenvalue weighted by Gasteiger charge is -2.32. The van der Waals surface area contributed by atoms with Gasteiger partial charge >= 0.3 is 0 Å². The van der Waals surface area contributed by atoms with Crippen LogP contribution in [0.25, 0.3) is 0 Å². The minimum atomic E-state index is -0.0846. The Bertz CT molecular complexity index is 766. The zero-order chi connectivity index (χ0) is 19.2. The van der Waals surface area contributed by atoms with Crippen LogP contribution in [0.3, 0.4) is 0 Å². The lowest BCUT2D eigenvalue weighted by molar-refractivity contribution is -0.0768. The fourth-order valence-corrected chi connectivity index (χ4v) is 3.83. The van der Waals surface area contributed by atoms with Crippen LogP contribution in [-0.4, -0.2) is 54.8 Å².